The third kappa shape index (κ3) is 3.22. The van der Waals surface area contributed by atoms with Crippen molar-refractivity contribution >= 4 is 49.0 Å². The second-order valence-corrected chi connectivity index (χ2v) is 6.41. The number of rotatable bonds is 4. The molecule has 94 valence electrons. The number of hydrogen-bond acceptors (Lipinski definition) is 3. The number of aryl methyl sites for hydroxylation is 1. The number of Topliss-reactive ketones (excluding diaryl/α,β-unsaturated/α-hetero) is 1. The monoisotopic (exact) mass is 388 g/mol. The predicted molar refractivity (Wildman–Crippen MR) is 80.7 cm³/mol. The highest BCUT2D eigenvalue weighted by Gasteiger charge is 2.12. The molecule has 0 saturated heterocycles. The third-order valence-electron chi connectivity index (χ3n) is 2.37. The molecule has 0 N–H and O–H groups in total. The van der Waals surface area contributed by atoms with Crippen LogP contribution in [0.3, 0.4) is 0 Å². The summed E-state index contributed by atoms with van der Waals surface area (Å²) in [7, 11) is 0. The first-order valence-electron chi connectivity index (χ1n) is 5.23. The van der Waals surface area contributed by atoms with Gasteiger partial charge in [0.25, 0.3) is 0 Å². The summed E-state index contributed by atoms with van der Waals surface area (Å²) in [4.78, 5) is 12.6. The van der Waals surface area contributed by atoms with E-state index in [1.54, 1.807) is 0 Å². The molecule has 2 aromatic rings. The maximum Gasteiger partial charge on any atom is 0.211 e. The molecule has 2 rings (SSSR count). The van der Waals surface area contributed by atoms with E-state index in [1.165, 1.54) is 11.3 Å². The van der Waals surface area contributed by atoms with Crippen LogP contribution in [0.25, 0.3) is 0 Å². The standard InChI is InChI=1S/C13H10Br2O2S/c1-8-6-9(14)2-3-12(8)17-7-11(16)13-10(15)4-5-18-13/h2-6H,7H2,1H3. The lowest BCUT2D eigenvalue weighted by Crippen LogP contribution is -2.11. The third-order valence-corrected chi connectivity index (χ3v) is 4.74. The molecule has 1 heterocycles. The van der Waals surface area contributed by atoms with Crippen LogP contribution in [0.4, 0.5) is 0 Å². The number of ketones is 1. The normalized spacial score (nSPS) is 10.4. The smallest absolute Gasteiger partial charge is 0.211 e. The number of thiophene rings is 1. The molecule has 0 aliphatic heterocycles. The Kier molecular flexibility index (Phi) is 4.59. The number of halogens is 2. The average molecular weight is 390 g/mol. The fourth-order valence-electron chi connectivity index (χ4n) is 1.48. The summed E-state index contributed by atoms with van der Waals surface area (Å²) in [6, 6.07) is 7.58. The number of carbonyl (C=O) groups excluding carboxylic acids is 1. The van der Waals surface area contributed by atoms with E-state index in [1.807, 2.05) is 36.6 Å². The van der Waals surface area contributed by atoms with Gasteiger partial charge in [-0.15, -0.1) is 11.3 Å². The van der Waals surface area contributed by atoms with Crippen LogP contribution >= 0.6 is 43.2 Å². The molecule has 0 spiro atoms. The Labute approximate surface area is 126 Å². The molecule has 0 radical (unpaired) electrons. The minimum absolute atomic E-state index is 0.0146. The van der Waals surface area contributed by atoms with Gasteiger partial charge in [-0.2, -0.15) is 0 Å². The Balaban J connectivity index is 2.04. The first kappa shape index (κ1) is 13.8. The van der Waals surface area contributed by atoms with Crippen molar-refractivity contribution in [2.45, 2.75) is 6.92 Å². The molecule has 2 nitrogen and oxygen atoms in total. The van der Waals surface area contributed by atoms with E-state index in [4.69, 9.17) is 4.74 Å². The lowest BCUT2D eigenvalue weighted by atomic mass is 10.2. The van der Waals surface area contributed by atoms with Gasteiger partial charge in [-0.25, -0.2) is 0 Å². The summed E-state index contributed by atoms with van der Waals surface area (Å²) in [5, 5.41) is 1.88. The van der Waals surface area contributed by atoms with Gasteiger partial charge in [-0.3, -0.25) is 4.79 Å². The average Bonchev–Trinajstić information content (AvgIpc) is 2.74. The van der Waals surface area contributed by atoms with Crippen LogP contribution in [0, 0.1) is 6.92 Å². The van der Waals surface area contributed by atoms with E-state index in [9.17, 15) is 4.79 Å². The van der Waals surface area contributed by atoms with Crippen LogP contribution in [0.5, 0.6) is 5.75 Å². The topological polar surface area (TPSA) is 26.3 Å². The first-order valence-corrected chi connectivity index (χ1v) is 7.69. The van der Waals surface area contributed by atoms with Crippen LogP contribution in [0.1, 0.15) is 15.2 Å². The van der Waals surface area contributed by atoms with E-state index < -0.39 is 0 Å². The predicted octanol–water partition coefficient (Wildman–Crippen LogP) is 4.84. The Morgan fingerprint density at radius 3 is 2.72 bits per heavy atom. The summed E-state index contributed by atoms with van der Waals surface area (Å²) in [6.07, 6.45) is 0. The Bertz CT molecular complexity index is 578. The minimum atomic E-state index is -0.0146. The van der Waals surface area contributed by atoms with Crippen molar-refractivity contribution in [2.24, 2.45) is 0 Å². The first-order chi connectivity index (χ1) is 8.58. The highest BCUT2D eigenvalue weighted by atomic mass is 79.9. The SMILES string of the molecule is Cc1cc(Br)ccc1OCC(=O)c1sccc1Br. The van der Waals surface area contributed by atoms with E-state index >= 15 is 0 Å². The summed E-state index contributed by atoms with van der Waals surface area (Å²) in [6.45, 7) is 2.01. The van der Waals surface area contributed by atoms with Crippen molar-refractivity contribution in [3.63, 3.8) is 0 Å². The summed E-state index contributed by atoms with van der Waals surface area (Å²) in [5.74, 6) is 0.721. The van der Waals surface area contributed by atoms with E-state index in [0.717, 1.165) is 20.3 Å². The summed E-state index contributed by atoms with van der Waals surface area (Å²) < 4.78 is 7.37. The van der Waals surface area contributed by atoms with E-state index in [2.05, 4.69) is 31.9 Å². The fourth-order valence-corrected chi connectivity index (χ4v) is 3.47. The van der Waals surface area contributed by atoms with Crippen LogP contribution < -0.4 is 4.74 Å². The van der Waals surface area contributed by atoms with Crippen molar-refractivity contribution in [3.05, 3.63) is 49.0 Å². The zero-order chi connectivity index (χ0) is 13.1. The molecule has 0 unspecified atom stereocenters. The van der Waals surface area contributed by atoms with Crippen molar-refractivity contribution in [1.29, 1.82) is 0 Å². The van der Waals surface area contributed by atoms with Crippen LogP contribution in [0.2, 0.25) is 0 Å². The molecule has 1 aromatic carbocycles. The molecule has 0 amide bonds. The Hall–Kier alpha value is -0.650. The van der Waals surface area contributed by atoms with Gasteiger partial charge in [0.2, 0.25) is 5.78 Å². The lowest BCUT2D eigenvalue weighted by molar-refractivity contribution is 0.0924. The van der Waals surface area contributed by atoms with Gasteiger partial charge in [0.1, 0.15) is 5.75 Å². The van der Waals surface area contributed by atoms with Gasteiger partial charge in [0.05, 0.1) is 4.88 Å². The van der Waals surface area contributed by atoms with Gasteiger partial charge in [-0.05, 0) is 58.1 Å². The van der Waals surface area contributed by atoms with Crippen molar-refractivity contribution in [3.8, 4) is 5.75 Å². The van der Waals surface area contributed by atoms with Crippen LogP contribution in [-0.4, -0.2) is 12.4 Å². The minimum Gasteiger partial charge on any atom is -0.485 e. The van der Waals surface area contributed by atoms with Gasteiger partial charge in [0.15, 0.2) is 6.61 Å². The van der Waals surface area contributed by atoms with Gasteiger partial charge < -0.3 is 4.74 Å². The van der Waals surface area contributed by atoms with Gasteiger partial charge in [0, 0.05) is 8.95 Å². The van der Waals surface area contributed by atoms with Crippen molar-refractivity contribution in [1.82, 2.24) is 0 Å². The van der Waals surface area contributed by atoms with E-state index in [-0.39, 0.29) is 12.4 Å². The molecule has 18 heavy (non-hydrogen) atoms. The molecule has 0 bridgehead atoms. The number of hydrogen-bond donors (Lipinski definition) is 0. The highest BCUT2D eigenvalue weighted by molar-refractivity contribution is 9.10. The molecular formula is C13H10Br2O2S. The van der Waals surface area contributed by atoms with Crippen molar-refractivity contribution < 1.29 is 9.53 Å². The fraction of sp³-hybridized carbons (Fsp3) is 0.154. The van der Waals surface area contributed by atoms with Crippen LogP contribution in [0.15, 0.2) is 38.6 Å². The second-order valence-electron chi connectivity index (χ2n) is 3.72. The summed E-state index contributed by atoms with van der Waals surface area (Å²) in [5.41, 5.74) is 1.00. The highest BCUT2D eigenvalue weighted by Crippen LogP contribution is 2.25. The molecule has 1 aromatic heterocycles. The number of benzene rings is 1. The van der Waals surface area contributed by atoms with E-state index in [0.29, 0.717) is 4.88 Å². The van der Waals surface area contributed by atoms with Crippen molar-refractivity contribution in [2.75, 3.05) is 6.61 Å². The molecular weight excluding hydrogens is 380 g/mol. The maximum atomic E-state index is 11.9. The quantitative estimate of drug-likeness (QED) is 0.699. The zero-order valence-corrected chi connectivity index (χ0v) is 13.6. The molecule has 0 aliphatic rings. The summed E-state index contributed by atoms with van der Waals surface area (Å²) >= 11 is 8.15. The molecule has 0 fully saturated rings. The van der Waals surface area contributed by atoms with Gasteiger partial charge >= 0.3 is 0 Å². The Morgan fingerprint density at radius 2 is 2.11 bits per heavy atom. The maximum absolute atomic E-state index is 11.9. The van der Waals surface area contributed by atoms with Gasteiger partial charge in [-0.1, -0.05) is 15.9 Å². The number of ether oxygens (including phenoxy) is 1. The molecule has 5 heteroatoms. The lowest BCUT2D eigenvalue weighted by Gasteiger charge is -2.08. The number of carbonyl (C=O) groups is 1. The molecule has 0 atom stereocenters. The van der Waals surface area contributed by atoms with Crippen LogP contribution in [-0.2, 0) is 0 Å². The largest absolute Gasteiger partial charge is 0.485 e. The molecule has 0 aliphatic carbocycles. The zero-order valence-electron chi connectivity index (χ0n) is 9.57. The Morgan fingerprint density at radius 1 is 1.33 bits per heavy atom. The second kappa shape index (κ2) is 5.99. The molecule has 0 saturated carbocycles.